The molecule has 1 aromatic heterocycles. The molecule has 5 nitrogen and oxygen atoms in total. The van der Waals surface area contributed by atoms with Crippen LogP contribution in [0.5, 0.6) is 0 Å². The molecule has 0 bridgehead atoms. The zero-order valence-electron chi connectivity index (χ0n) is 5.28. The van der Waals surface area contributed by atoms with Crippen LogP contribution in [0.3, 0.4) is 0 Å². The second-order valence-corrected chi connectivity index (χ2v) is 1.87. The molecular weight excluding hydrogens is 130 g/mol. The molecular formula is C5H7N5. The van der Waals surface area contributed by atoms with Crippen LogP contribution < -0.4 is 5.73 Å². The van der Waals surface area contributed by atoms with E-state index in [9.17, 15) is 0 Å². The smallest absolute Gasteiger partial charge is 0.100 e. The van der Waals surface area contributed by atoms with Crippen molar-refractivity contribution in [3.63, 3.8) is 0 Å². The number of nitrogens with one attached hydrogen (secondary N) is 1. The van der Waals surface area contributed by atoms with Crippen LogP contribution in [0.15, 0.2) is 6.20 Å². The standard InChI is InChI=1S/C5H7N5/c6-2-1-4(7)5-3-8-10-9-5/h3-4H,1,7H2,(H,8,9,10)/t4-/m0/s1. The van der Waals surface area contributed by atoms with Gasteiger partial charge in [-0.15, -0.1) is 5.10 Å². The highest BCUT2D eigenvalue weighted by Crippen LogP contribution is 2.06. The van der Waals surface area contributed by atoms with Crippen molar-refractivity contribution in [2.75, 3.05) is 0 Å². The fraction of sp³-hybridized carbons (Fsp3) is 0.400. The molecule has 0 saturated heterocycles. The predicted molar refractivity (Wildman–Crippen MR) is 33.5 cm³/mol. The van der Waals surface area contributed by atoms with E-state index < -0.39 is 0 Å². The molecule has 0 saturated carbocycles. The van der Waals surface area contributed by atoms with Gasteiger partial charge >= 0.3 is 0 Å². The lowest BCUT2D eigenvalue weighted by atomic mass is 10.2. The number of aromatic amines is 1. The number of aromatic nitrogens is 3. The van der Waals surface area contributed by atoms with E-state index in [1.165, 1.54) is 0 Å². The summed E-state index contributed by atoms with van der Waals surface area (Å²) in [5, 5.41) is 17.9. The first-order valence-corrected chi connectivity index (χ1v) is 2.83. The summed E-state index contributed by atoms with van der Waals surface area (Å²) in [7, 11) is 0. The van der Waals surface area contributed by atoms with E-state index in [-0.39, 0.29) is 12.5 Å². The topological polar surface area (TPSA) is 91.4 Å². The Labute approximate surface area is 57.8 Å². The summed E-state index contributed by atoms with van der Waals surface area (Å²) < 4.78 is 0. The zero-order chi connectivity index (χ0) is 7.40. The molecule has 3 N–H and O–H groups in total. The normalized spacial score (nSPS) is 12.4. The lowest BCUT2D eigenvalue weighted by Gasteiger charge is -1.98. The maximum Gasteiger partial charge on any atom is 0.100 e. The quantitative estimate of drug-likeness (QED) is 0.586. The molecule has 1 heterocycles. The van der Waals surface area contributed by atoms with Crippen molar-refractivity contribution in [3.05, 3.63) is 11.9 Å². The average molecular weight is 137 g/mol. The average Bonchev–Trinajstić information content (AvgIpc) is 2.38. The van der Waals surface area contributed by atoms with E-state index in [1.54, 1.807) is 6.20 Å². The Morgan fingerprint density at radius 1 is 1.90 bits per heavy atom. The van der Waals surface area contributed by atoms with Gasteiger partial charge in [-0.05, 0) is 0 Å². The Kier molecular flexibility index (Phi) is 1.97. The summed E-state index contributed by atoms with van der Waals surface area (Å²) in [4.78, 5) is 0. The first-order valence-electron chi connectivity index (χ1n) is 2.83. The van der Waals surface area contributed by atoms with E-state index in [4.69, 9.17) is 11.0 Å². The third kappa shape index (κ3) is 1.30. The molecule has 1 rings (SSSR count). The number of rotatable bonds is 2. The first kappa shape index (κ1) is 6.71. The van der Waals surface area contributed by atoms with Crippen molar-refractivity contribution in [3.8, 4) is 6.07 Å². The van der Waals surface area contributed by atoms with Crippen LogP contribution in [-0.2, 0) is 0 Å². The Bertz CT molecular complexity index is 221. The number of H-pyrrole nitrogens is 1. The number of nitrogens with two attached hydrogens (primary N) is 1. The molecule has 0 spiro atoms. The highest BCUT2D eigenvalue weighted by Gasteiger charge is 2.06. The Morgan fingerprint density at radius 3 is 3.20 bits per heavy atom. The number of hydrogen-bond acceptors (Lipinski definition) is 4. The highest BCUT2D eigenvalue weighted by molar-refractivity contribution is 5.00. The number of hydrogen-bond donors (Lipinski definition) is 2. The van der Waals surface area contributed by atoms with Crippen LogP contribution in [0.25, 0.3) is 0 Å². The zero-order valence-corrected chi connectivity index (χ0v) is 5.28. The van der Waals surface area contributed by atoms with E-state index >= 15 is 0 Å². The fourth-order valence-corrected chi connectivity index (χ4v) is 0.595. The van der Waals surface area contributed by atoms with Crippen molar-refractivity contribution in [1.29, 1.82) is 5.26 Å². The molecule has 0 aliphatic carbocycles. The van der Waals surface area contributed by atoms with Gasteiger partial charge in [0.05, 0.1) is 18.5 Å². The highest BCUT2D eigenvalue weighted by atomic mass is 15.3. The molecule has 5 heteroatoms. The minimum atomic E-state index is -0.316. The lowest BCUT2D eigenvalue weighted by molar-refractivity contribution is 0.713. The van der Waals surface area contributed by atoms with Crippen molar-refractivity contribution in [1.82, 2.24) is 15.4 Å². The maximum absolute atomic E-state index is 8.25. The summed E-state index contributed by atoms with van der Waals surface area (Å²) >= 11 is 0. The fourth-order valence-electron chi connectivity index (χ4n) is 0.595. The SMILES string of the molecule is N#CC[C@H](N)c1c[nH]nn1. The van der Waals surface area contributed by atoms with Crippen molar-refractivity contribution >= 4 is 0 Å². The van der Waals surface area contributed by atoms with Crippen LogP contribution in [0.2, 0.25) is 0 Å². The van der Waals surface area contributed by atoms with Gasteiger partial charge in [-0.3, -0.25) is 5.10 Å². The summed E-state index contributed by atoms with van der Waals surface area (Å²) in [6.45, 7) is 0. The Morgan fingerprint density at radius 2 is 2.70 bits per heavy atom. The van der Waals surface area contributed by atoms with Crippen LogP contribution in [0.1, 0.15) is 18.2 Å². The molecule has 1 aromatic rings. The van der Waals surface area contributed by atoms with Gasteiger partial charge in [0, 0.05) is 6.20 Å². The van der Waals surface area contributed by atoms with Crippen LogP contribution in [0, 0.1) is 11.3 Å². The Hall–Kier alpha value is -1.41. The van der Waals surface area contributed by atoms with Crippen LogP contribution in [-0.4, -0.2) is 15.4 Å². The van der Waals surface area contributed by atoms with Gasteiger partial charge in [0.25, 0.3) is 0 Å². The van der Waals surface area contributed by atoms with E-state index in [0.717, 1.165) is 0 Å². The summed E-state index contributed by atoms with van der Waals surface area (Å²) in [6.07, 6.45) is 1.86. The van der Waals surface area contributed by atoms with Crippen LogP contribution >= 0.6 is 0 Å². The molecule has 52 valence electrons. The monoisotopic (exact) mass is 137 g/mol. The van der Waals surface area contributed by atoms with Gasteiger partial charge in [0.1, 0.15) is 5.69 Å². The minimum absolute atomic E-state index is 0.270. The molecule has 0 amide bonds. The number of nitrogens with zero attached hydrogens (tertiary/aromatic N) is 3. The molecule has 0 aromatic carbocycles. The maximum atomic E-state index is 8.25. The third-order valence-electron chi connectivity index (χ3n) is 1.13. The van der Waals surface area contributed by atoms with Gasteiger partial charge in [0.2, 0.25) is 0 Å². The van der Waals surface area contributed by atoms with Gasteiger partial charge in [-0.25, -0.2) is 0 Å². The second kappa shape index (κ2) is 2.94. The van der Waals surface area contributed by atoms with Crippen molar-refractivity contribution < 1.29 is 0 Å². The van der Waals surface area contributed by atoms with Gasteiger partial charge in [-0.1, -0.05) is 5.21 Å². The molecule has 0 fully saturated rings. The summed E-state index contributed by atoms with van der Waals surface area (Å²) in [6, 6.07) is 1.63. The molecule has 0 aliphatic rings. The van der Waals surface area contributed by atoms with Crippen LogP contribution in [0.4, 0.5) is 0 Å². The molecule has 0 unspecified atom stereocenters. The third-order valence-corrected chi connectivity index (χ3v) is 1.13. The van der Waals surface area contributed by atoms with Gasteiger partial charge in [-0.2, -0.15) is 5.26 Å². The second-order valence-electron chi connectivity index (χ2n) is 1.87. The van der Waals surface area contributed by atoms with Crippen molar-refractivity contribution in [2.24, 2.45) is 5.73 Å². The largest absolute Gasteiger partial charge is 0.322 e. The van der Waals surface area contributed by atoms with Gasteiger partial charge < -0.3 is 5.73 Å². The number of nitriles is 1. The molecule has 0 aliphatic heterocycles. The molecule has 0 radical (unpaired) electrons. The van der Waals surface area contributed by atoms with E-state index in [1.807, 2.05) is 6.07 Å². The van der Waals surface area contributed by atoms with E-state index in [0.29, 0.717) is 5.69 Å². The molecule has 1 atom stereocenters. The predicted octanol–water partition coefficient (Wildman–Crippen LogP) is -0.282. The minimum Gasteiger partial charge on any atom is -0.322 e. The molecule has 10 heavy (non-hydrogen) atoms. The van der Waals surface area contributed by atoms with Crippen molar-refractivity contribution in [2.45, 2.75) is 12.5 Å². The Balaban J connectivity index is 2.61. The van der Waals surface area contributed by atoms with E-state index in [2.05, 4.69) is 15.4 Å². The van der Waals surface area contributed by atoms with Gasteiger partial charge in [0.15, 0.2) is 0 Å². The lowest BCUT2D eigenvalue weighted by Crippen LogP contribution is -2.09. The summed E-state index contributed by atoms with van der Waals surface area (Å²) in [5.74, 6) is 0. The summed E-state index contributed by atoms with van der Waals surface area (Å²) in [5.41, 5.74) is 6.13. The first-order chi connectivity index (χ1) is 4.84.